The highest BCUT2D eigenvalue weighted by atomic mass is 35.5. The molecule has 4 heteroatoms. The summed E-state index contributed by atoms with van der Waals surface area (Å²) in [7, 11) is 6.64. The van der Waals surface area contributed by atoms with Crippen LogP contribution in [0.2, 0.25) is 0 Å². The van der Waals surface area contributed by atoms with Crippen LogP contribution in [0.5, 0.6) is 0 Å². The SMILES string of the molecule is CCC[N+](C)(C)C.OCCO.[Cl-]. The number of aliphatic hydroxyl groups is 2. The average Bonchev–Trinajstić information content (AvgIpc) is 1.86. The Balaban J connectivity index is -0.000000142. The number of quaternary nitrogens is 1. The number of rotatable bonds is 3. The molecule has 2 N–H and O–H groups in total. The highest BCUT2D eigenvalue weighted by molar-refractivity contribution is 4.20. The summed E-state index contributed by atoms with van der Waals surface area (Å²) in [5, 5.41) is 15.2. The van der Waals surface area contributed by atoms with Crippen LogP contribution in [0.3, 0.4) is 0 Å². The van der Waals surface area contributed by atoms with Crippen molar-refractivity contribution in [1.29, 1.82) is 0 Å². The van der Waals surface area contributed by atoms with E-state index >= 15 is 0 Å². The van der Waals surface area contributed by atoms with Crippen LogP contribution >= 0.6 is 0 Å². The zero-order valence-corrected chi connectivity index (χ0v) is 9.30. The molecular weight excluding hydrogens is 178 g/mol. The van der Waals surface area contributed by atoms with Gasteiger partial charge in [0, 0.05) is 0 Å². The van der Waals surface area contributed by atoms with E-state index in [0.29, 0.717) is 0 Å². The van der Waals surface area contributed by atoms with Gasteiger partial charge in [-0.1, -0.05) is 6.92 Å². The summed E-state index contributed by atoms with van der Waals surface area (Å²) < 4.78 is 1.09. The van der Waals surface area contributed by atoms with Crippen molar-refractivity contribution in [1.82, 2.24) is 0 Å². The largest absolute Gasteiger partial charge is 1.00 e. The van der Waals surface area contributed by atoms with Crippen molar-refractivity contribution in [2.24, 2.45) is 0 Å². The summed E-state index contributed by atoms with van der Waals surface area (Å²) in [5.74, 6) is 0. The van der Waals surface area contributed by atoms with Gasteiger partial charge in [-0.25, -0.2) is 0 Å². The van der Waals surface area contributed by atoms with Crippen LogP contribution in [-0.2, 0) is 0 Å². The summed E-state index contributed by atoms with van der Waals surface area (Å²) in [4.78, 5) is 0. The summed E-state index contributed by atoms with van der Waals surface area (Å²) >= 11 is 0. The zero-order valence-electron chi connectivity index (χ0n) is 8.55. The third-order valence-electron chi connectivity index (χ3n) is 0.994. The smallest absolute Gasteiger partial charge is 0.0777 e. The molecule has 0 fully saturated rings. The molecule has 0 saturated carbocycles. The molecule has 0 aliphatic carbocycles. The first-order chi connectivity index (χ1) is 4.97. The molecule has 0 bridgehead atoms. The normalized spacial score (nSPS) is 9.50. The van der Waals surface area contributed by atoms with Crippen LogP contribution < -0.4 is 12.4 Å². The Morgan fingerprint density at radius 2 is 1.33 bits per heavy atom. The Morgan fingerprint density at radius 1 is 1.00 bits per heavy atom. The molecule has 0 aliphatic heterocycles. The fraction of sp³-hybridized carbons (Fsp3) is 1.00. The fourth-order valence-electron chi connectivity index (χ4n) is 0.671. The van der Waals surface area contributed by atoms with Crippen molar-refractivity contribution in [2.45, 2.75) is 13.3 Å². The van der Waals surface area contributed by atoms with Crippen LogP contribution in [-0.4, -0.2) is 55.6 Å². The van der Waals surface area contributed by atoms with E-state index < -0.39 is 0 Å². The van der Waals surface area contributed by atoms with Gasteiger partial charge in [0.2, 0.25) is 0 Å². The fourth-order valence-corrected chi connectivity index (χ4v) is 0.671. The standard InChI is InChI=1S/C6H16N.C2H6O2.ClH/c1-5-6-7(2,3)4;3-1-2-4;/h5-6H2,1-4H3;3-4H,1-2H2;1H/q+1;;/p-1. The van der Waals surface area contributed by atoms with E-state index in [-0.39, 0.29) is 25.6 Å². The third kappa shape index (κ3) is 32.0. The molecule has 0 atom stereocenters. The molecule has 3 nitrogen and oxygen atoms in total. The highest BCUT2D eigenvalue weighted by Gasteiger charge is 2.01. The van der Waals surface area contributed by atoms with Crippen LogP contribution in [0.15, 0.2) is 0 Å². The van der Waals surface area contributed by atoms with E-state index in [0.717, 1.165) is 4.48 Å². The molecule has 0 unspecified atom stereocenters. The maximum absolute atomic E-state index is 7.62. The maximum atomic E-state index is 7.62. The van der Waals surface area contributed by atoms with Crippen molar-refractivity contribution >= 4 is 0 Å². The summed E-state index contributed by atoms with van der Waals surface area (Å²) in [5.41, 5.74) is 0. The second kappa shape index (κ2) is 11.2. The number of hydrogen-bond donors (Lipinski definition) is 2. The molecule has 0 aromatic carbocycles. The highest BCUT2D eigenvalue weighted by Crippen LogP contribution is 1.90. The van der Waals surface area contributed by atoms with Crippen LogP contribution in [0.25, 0.3) is 0 Å². The van der Waals surface area contributed by atoms with Crippen molar-refractivity contribution in [3.05, 3.63) is 0 Å². The first kappa shape index (κ1) is 18.1. The molecule has 0 aromatic heterocycles. The van der Waals surface area contributed by atoms with Gasteiger partial charge >= 0.3 is 0 Å². The monoisotopic (exact) mass is 199 g/mol. The van der Waals surface area contributed by atoms with E-state index in [1.165, 1.54) is 13.0 Å². The first-order valence-electron chi connectivity index (χ1n) is 4.00. The molecule has 0 rings (SSSR count). The zero-order chi connectivity index (χ0) is 9.33. The predicted molar refractivity (Wildman–Crippen MR) is 47.4 cm³/mol. The lowest BCUT2D eigenvalue weighted by Crippen LogP contribution is -3.00. The van der Waals surface area contributed by atoms with E-state index in [4.69, 9.17) is 10.2 Å². The Morgan fingerprint density at radius 3 is 1.33 bits per heavy atom. The summed E-state index contributed by atoms with van der Waals surface area (Å²) in [6.07, 6.45) is 1.28. The first-order valence-corrected chi connectivity index (χ1v) is 4.00. The third-order valence-corrected chi connectivity index (χ3v) is 0.994. The van der Waals surface area contributed by atoms with Gasteiger partial charge in [0.05, 0.1) is 40.9 Å². The minimum Gasteiger partial charge on any atom is -1.00 e. The van der Waals surface area contributed by atoms with Crippen molar-refractivity contribution in [3.63, 3.8) is 0 Å². The van der Waals surface area contributed by atoms with Gasteiger partial charge in [-0.2, -0.15) is 0 Å². The lowest BCUT2D eigenvalue weighted by molar-refractivity contribution is -0.870. The van der Waals surface area contributed by atoms with Gasteiger partial charge in [-0.3, -0.25) is 0 Å². The second-order valence-corrected chi connectivity index (χ2v) is 3.46. The minimum absolute atomic E-state index is 0. The molecule has 0 radical (unpaired) electrons. The Labute approximate surface area is 82.0 Å². The molecule has 12 heavy (non-hydrogen) atoms. The maximum Gasteiger partial charge on any atom is 0.0777 e. The Hall–Kier alpha value is 0.170. The number of hydrogen-bond acceptors (Lipinski definition) is 2. The number of nitrogens with zero attached hydrogens (tertiary/aromatic N) is 1. The summed E-state index contributed by atoms with van der Waals surface area (Å²) in [6, 6.07) is 0. The van der Waals surface area contributed by atoms with Crippen LogP contribution in [0.4, 0.5) is 0 Å². The van der Waals surface area contributed by atoms with Gasteiger partial charge in [-0.05, 0) is 6.42 Å². The second-order valence-electron chi connectivity index (χ2n) is 3.46. The molecular formula is C8H22ClNO2. The molecule has 0 spiro atoms. The van der Waals surface area contributed by atoms with Gasteiger partial charge in [0.1, 0.15) is 0 Å². The van der Waals surface area contributed by atoms with Gasteiger partial charge in [0.25, 0.3) is 0 Å². The summed E-state index contributed by atoms with van der Waals surface area (Å²) in [6.45, 7) is 3.24. The average molecular weight is 200 g/mol. The van der Waals surface area contributed by atoms with Crippen molar-refractivity contribution < 1.29 is 27.1 Å². The predicted octanol–water partition coefficient (Wildman–Crippen LogP) is -2.92. The molecule has 0 aliphatic rings. The molecule has 0 heterocycles. The van der Waals surface area contributed by atoms with Gasteiger partial charge in [-0.15, -0.1) is 0 Å². The number of halogens is 1. The van der Waals surface area contributed by atoms with Crippen molar-refractivity contribution in [3.8, 4) is 0 Å². The van der Waals surface area contributed by atoms with Crippen molar-refractivity contribution in [2.75, 3.05) is 40.9 Å². The van der Waals surface area contributed by atoms with E-state index in [9.17, 15) is 0 Å². The lowest BCUT2D eigenvalue weighted by Gasteiger charge is -2.22. The van der Waals surface area contributed by atoms with Crippen LogP contribution in [0, 0.1) is 0 Å². The van der Waals surface area contributed by atoms with Crippen LogP contribution in [0.1, 0.15) is 13.3 Å². The molecule has 0 aromatic rings. The van der Waals surface area contributed by atoms with E-state index in [2.05, 4.69) is 28.1 Å². The van der Waals surface area contributed by atoms with Gasteiger partial charge < -0.3 is 27.1 Å². The number of aliphatic hydroxyl groups excluding tert-OH is 2. The Kier molecular flexibility index (Phi) is 16.8. The quantitative estimate of drug-likeness (QED) is 0.479. The minimum atomic E-state index is -0.125. The topological polar surface area (TPSA) is 40.5 Å². The van der Waals surface area contributed by atoms with Gasteiger partial charge in [0.15, 0.2) is 0 Å². The molecule has 0 saturated heterocycles. The molecule has 78 valence electrons. The van der Waals surface area contributed by atoms with E-state index in [1.807, 2.05) is 0 Å². The Bertz CT molecular complexity index is 71.9. The lowest BCUT2D eigenvalue weighted by atomic mass is 10.4. The molecule has 0 amide bonds. The van der Waals surface area contributed by atoms with E-state index in [1.54, 1.807) is 0 Å².